The van der Waals surface area contributed by atoms with Crippen LogP contribution in [0.2, 0.25) is 0 Å². The quantitative estimate of drug-likeness (QED) is 0.772. The van der Waals surface area contributed by atoms with Gasteiger partial charge in [-0.15, -0.1) is 0 Å². The molecular weight excluding hydrogens is 314 g/mol. The smallest absolute Gasteiger partial charge is 0.260 e. The Kier molecular flexibility index (Phi) is 4.84. The third-order valence-electron chi connectivity index (χ3n) is 3.28. The maximum Gasteiger partial charge on any atom is 0.260 e. The minimum atomic E-state index is -3.76. The van der Waals surface area contributed by atoms with Crippen LogP contribution in [-0.2, 0) is 19.9 Å². The second-order valence-electron chi connectivity index (χ2n) is 5.01. The molecule has 0 bridgehead atoms. The second-order valence-corrected chi connectivity index (χ2v) is 8.92. The number of anilines is 1. The van der Waals surface area contributed by atoms with Crippen LogP contribution < -0.4 is 10.0 Å². The van der Waals surface area contributed by atoms with Crippen LogP contribution in [0.3, 0.4) is 0 Å². The lowest BCUT2D eigenvalue weighted by Gasteiger charge is -2.13. The van der Waals surface area contributed by atoms with Crippen LogP contribution in [0, 0.1) is 5.92 Å². The van der Waals surface area contributed by atoms with E-state index >= 15 is 0 Å². The number of nitrogens with one attached hydrogen (secondary N) is 2. The summed E-state index contributed by atoms with van der Waals surface area (Å²) < 4.78 is 49.8. The van der Waals surface area contributed by atoms with Crippen molar-refractivity contribution < 1.29 is 16.8 Å². The lowest BCUT2D eigenvalue weighted by molar-refractivity contribution is 0.541. The molecule has 0 aromatic carbocycles. The Morgan fingerprint density at radius 2 is 2.19 bits per heavy atom. The largest absolute Gasteiger partial charge is 0.383 e. The molecule has 0 amide bonds. The van der Waals surface area contributed by atoms with Gasteiger partial charge in [-0.3, -0.25) is 0 Å². The number of hydrogen-bond acceptors (Lipinski definition) is 6. The summed E-state index contributed by atoms with van der Waals surface area (Å²) in [4.78, 5) is 3.91. The number of aromatic nitrogens is 1. The summed E-state index contributed by atoms with van der Waals surface area (Å²) in [5.74, 6) is -0.000238. The predicted octanol–water partition coefficient (Wildman–Crippen LogP) is 0.226. The minimum absolute atomic E-state index is 0.0395. The standard InChI is InChI=1S/C12H19N3O4S2/c1-2-13-11-4-3-6-14-12(11)21(18,19)15-8-10-5-7-20(16,17)9-10/h3-4,6,10,13,15H,2,5,7-9H2,1H3. The van der Waals surface area contributed by atoms with Crippen LogP contribution in [0.4, 0.5) is 5.69 Å². The first-order valence-corrected chi connectivity index (χ1v) is 10.0. The van der Waals surface area contributed by atoms with E-state index in [9.17, 15) is 16.8 Å². The van der Waals surface area contributed by atoms with Crippen molar-refractivity contribution in [3.63, 3.8) is 0 Å². The number of nitrogens with zero attached hydrogens (tertiary/aromatic N) is 1. The number of sulfone groups is 1. The summed E-state index contributed by atoms with van der Waals surface area (Å²) in [6.45, 7) is 2.55. The van der Waals surface area contributed by atoms with E-state index in [1.54, 1.807) is 12.1 Å². The van der Waals surface area contributed by atoms with Gasteiger partial charge in [0, 0.05) is 19.3 Å². The summed E-state index contributed by atoms with van der Waals surface area (Å²) in [6, 6.07) is 3.30. The molecule has 2 N–H and O–H groups in total. The third kappa shape index (κ3) is 4.14. The fourth-order valence-electron chi connectivity index (χ4n) is 2.26. The molecule has 0 radical (unpaired) electrons. The molecule has 9 heteroatoms. The average Bonchev–Trinajstić information content (AvgIpc) is 2.77. The first-order chi connectivity index (χ1) is 9.84. The fraction of sp³-hybridized carbons (Fsp3) is 0.583. The van der Waals surface area contributed by atoms with Gasteiger partial charge in [0.25, 0.3) is 10.0 Å². The lowest BCUT2D eigenvalue weighted by atomic mass is 10.1. The van der Waals surface area contributed by atoms with Gasteiger partial charge in [-0.25, -0.2) is 26.5 Å². The first-order valence-electron chi connectivity index (χ1n) is 6.73. The van der Waals surface area contributed by atoms with Crippen LogP contribution in [0.15, 0.2) is 23.4 Å². The van der Waals surface area contributed by atoms with Crippen LogP contribution in [-0.4, -0.2) is 46.4 Å². The molecule has 1 fully saturated rings. The Hall–Kier alpha value is -1.19. The monoisotopic (exact) mass is 333 g/mol. The molecule has 0 aliphatic carbocycles. The molecule has 0 spiro atoms. The molecular formula is C12H19N3O4S2. The number of sulfonamides is 1. The van der Waals surface area contributed by atoms with E-state index in [0.717, 1.165) is 0 Å². The van der Waals surface area contributed by atoms with E-state index in [2.05, 4.69) is 15.0 Å². The molecule has 1 unspecified atom stereocenters. The van der Waals surface area contributed by atoms with Crippen molar-refractivity contribution in [2.24, 2.45) is 5.92 Å². The SMILES string of the molecule is CCNc1cccnc1S(=O)(=O)NCC1CCS(=O)(=O)C1. The van der Waals surface area contributed by atoms with Gasteiger partial charge in [-0.2, -0.15) is 0 Å². The zero-order chi connectivity index (χ0) is 15.5. The Morgan fingerprint density at radius 1 is 1.43 bits per heavy atom. The van der Waals surface area contributed by atoms with E-state index in [0.29, 0.717) is 18.7 Å². The van der Waals surface area contributed by atoms with Crippen LogP contribution in [0.1, 0.15) is 13.3 Å². The van der Waals surface area contributed by atoms with Gasteiger partial charge >= 0.3 is 0 Å². The normalized spacial score (nSPS) is 21.3. The van der Waals surface area contributed by atoms with E-state index < -0.39 is 19.9 Å². The van der Waals surface area contributed by atoms with Crippen molar-refractivity contribution in [2.45, 2.75) is 18.4 Å². The maximum absolute atomic E-state index is 12.3. The molecule has 1 aromatic rings. The molecule has 2 heterocycles. The molecule has 1 saturated heterocycles. The number of hydrogen-bond donors (Lipinski definition) is 2. The van der Waals surface area contributed by atoms with Crippen LogP contribution >= 0.6 is 0 Å². The van der Waals surface area contributed by atoms with Crippen molar-refractivity contribution >= 4 is 25.5 Å². The van der Waals surface area contributed by atoms with Gasteiger partial charge in [-0.1, -0.05) is 0 Å². The molecule has 2 rings (SSSR count). The van der Waals surface area contributed by atoms with Gasteiger partial charge < -0.3 is 5.32 Å². The second kappa shape index (κ2) is 6.29. The maximum atomic E-state index is 12.3. The van der Waals surface area contributed by atoms with Crippen molar-refractivity contribution in [3.05, 3.63) is 18.3 Å². The minimum Gasteiger partial charge on any atom is -0.383 e. The van der Waals surface area contributed by atoms with E-state index in [4.69, 9.17) is 0 Å². The molecule has 1 aliphatic heterocycles. The van der Waals surface area contributed by atoms with E-state index in [-0.39, 0.29) is 29.0 Å². The summed E-state index contributed by atoms with van der Waals surface area (Å²) in [5, 5.41) is 2.88. The lowest BCUT2D eigenvalue weighted by Crippen LogP contribution is -2.31. The van der Waals surface area contributed by atoms with E-state index in [1.807, 2.05) is 6.92 Å². The highest BCUT2D eigenvalue weighted by atomic mass is 32.2. The molecule has 1 aromatic heterocycles. The predicted molar refractivity (Wildman–Crippen MR) is 80.4 cm³/mol. The summed E-state index contributed by atoms with van der Waals surface area (Å²) >= 11 is 0. The van der Waals surface area contributed by atoms with Gasteiger partial charge in [-0.05, 0) is 31.4 Å². The molecule has 7 nitrogen and oxygen atoms in total. The van der Waals surface area contributed by atoms with Crippen molar-refractivity contribution in [3.8, 4) is 0 Å². The highest BCUT2D eigenvalue weighted by Crippen LogP contribution is 2.20. The van der Waals surface area contributed by atoms with E-state index in [1.165, 1.54) is 6.20 Å². The Morgan fingerprint density at radius 3 is 2.81 bits per heavy atom. The van der Waals surface area contributed by atoms with Gasteiger partial charge in [0.15, 0.2) is 14.9 Å². The number of rotatable bonds is 6. The summed E-state index contributed by atoms with van der Waals surface area (Å²) in [6.07, 6.45) is 1.91. The Labute approximate surface area is 125 Å². The topological polar surface area (TPSA) is 105 Å². The highest BCUT2D eigenvalue weighted by molar-refractivity contribution is 7.91. The summed E-state index contributed by atoms with van der Waals surface area (Å²) in [7, 11) is -6.76. The van der Waals surface area contributed by atoms with Crippen LogP contribution in [0.25, 0.3) is 0 Å². The molecule has 118 valence electrons. The molecule has 21 heavy (non-hydrogen) atoms. The van der Waals surface area contributed by atoms with Crippen molar-refractivity contribution in [2.75, 3.05) is 29.9 Å². The van der Waals surface area contributed by atoms with Crippen LogP contribution in [0.5, 0.6) is 0 Å². The Balaban J connectivity index is 2.09. The highest BCUT2D eigenvalue weighted by Gasteiger charge is 2.29. The Bertz CT molecular complexity index is 701. The van der Waals surface area contributed by atoms with Gasteiger partial charge in [0.1, 0.15) is 0 Å². The first kappa shape index (κ1) is 16.2. The fourth-order valence-corrected chi connectivity index (χ4v) is 5.34. The van der Waals surface area contributed by atoms with Crippen molar-refractivity contribution in [1.82, 2.24) is 9.71 Å². The third-order valence-corrected chi connectivity index (χ3v) is 6.50. The molecule has 0 saturated carbocycles. The zero-order valence-electron chi connectivity index (χ0n) is 11.7. The zero-order valence-corrected chi connectivity index (χ0v) is 13.4. The molecule has 1 atom stereocenters. The number of pyridine rings is 1. The molecule has 1 aliphatic rings. The van der Waals surface area contributed by atoms with Gasteiger partial charge in [0.2, 0.25) is 0 Å². The summed E-state index contributed by atoms with van der Waals surface area (Å²) in [5.41, 5.74) is 0.437. The van der Waals surface area contributed by atoms with Crippen molar-refractivity contribution in [1.29, 1.82) is 0 Å². The van der Waals surface area contributed by atoms with Gasteiger partial charge in [0.05, 0.1) is 17.2 Å². The average molecular weight is 333 g/mol.